The van der Waals surface area contributed by atoms with Crippen LogP contribution in [0.25, 0.3) is 10.2 Å². The van der Waals surface area contributed by atoms with Crippen LogP contribution >= 0.6 is 23.1 Å². The molecule has 0 aromatic carbocycles. The molecule has 0 atom stereocenters. The molecular formula is C11H9N5S2. The van der Waals surface area contributed by atoms with Gasteiger partial charge in [0.05, 0.1) is 0 Å². The number of anilines is 1. The van der Waals surface area contributed by atoms with Crippen molar-refractivity contribution in [2.75, 3.05) is 12.4 Å². The molecule has 3 aromatic heterocycles. The summed E-state index contributed by atoms with van der Waals surface area (Å²) in [5.74, 6) is 0.614. The van der Waals surface area contributed by atoms with E-state index in [0.717, 1.165) is 15.2 Å². The molecule has 0 saturated heterocycles. The Kier molecular flexibility index (Phi) is 3.07. The number of hydrogen-bond acceptors (Lipinski definition) is 7. The number of nitrogens with one attached hydrogen (secondary N) is 1. The van der Waals surface area contributed by atoms with Crippen molar-refractivity contribution in [1.82, 2.24) is 19.9 Å². The standard InChI is InChI=1S/C11H9N5S2/c1-12-10-15-8-7(3-6-17-8)9(16-10)18-11-13-4-2-5-14-11/h2-6H,1H3,(H,12,15,16). The largest absolute Gasteiger partial charge is 0.357 e. The zero-order valence-corrected chi connectivity index (χ0v) is 11.1. The van der Waals surface area contributed by atoms with Gasteiger partial charge in [-0.25, -0.2) is 19.9 Å². The fourth-order valence-corrected chi connectivity index (χ4v) is 3.08. The number of rotatable bonds is 3. The van der Waals surface area contributed by atoms with Crippen LogP contribution in [0, 0.1) is 0 Å². The van der Waals surface area contributed by atoms with Gasteiger partial charge in [0.15, 0.2) is 5.16 Å². The molecule has 7 heteroatoms. The lowest BCUT2D eigenvalue weighted by Crippen LogP contribution is -1.97. The Morgan fingerprint density at radius 1 is 1.22 bits per heavy atom. The highest BCUT2D eigenvalue weighted by molar-refractivity contribution is 7.99. The predicted octanol–water partition coefficient (Wildman–Crippen LogP) is 2.67. The van der Waals surface area contributed by atoms with Crippen molar-refractivity contribution in [2.45, 2.75) is 10.2 Å². The van der Waals surface area contributed by atoms with E-state index in [4.69, 9.17) is 0 Å². The highest BCUT2D eigenvalue weighted by Gasteiger charge is 2.10. The summed E-state index contributed by atoms with van der Waals surface area (Å²) >= 11 is 3.04. The zero-order valence-electron chi connectivity index (χ0n) is 9.49. The third kappa shape index (κ3) is 2.14. The van der Waals surface area contributed by atoms with Gasteiger partial charge >= 0.3 is 0 Å². The van der Waals surface area contributed by atoms with Crippen LogP contribution in [0.1, 0.15) is 0 Å². The van der Waals surface area contributed by atoms with Crippen molar-refractivity contribution >= 4 is 39.3 Å². The highest BCUT2D eigenvalue weighted by atomic mass is 32.2. The van der Waals surface area contributed by atoms with Gasteiger partial charge in [-0.2, -0.15) is 0 Å². The van der Waals surface area contributed by atoms with Crippen LogP contribution in [-0.2, 0) is 0 Å². The van der Waals surface area contributed by atoms with E-state index in [1.54, 1.807) is 29.8 Å². The van der Waals surface area contributed by atoms with E-state index in [9.17, 15) is 0 Å². The maximum Gasteiger partial charge on any atom is 0.224 e. The molecule has 0 aliphatic rings. The fraction of sp³-hybridized carbons (Fsp3) is 0.0909. The van der Waals surface area contributed by atoms with E-state index >= 15 is 0 Å². The lowest BCUT2D eigenvalue weighted by Gasteiger charge is -2.03. The molecule has 90 valence electrons. The summed E-state index contributed by atoms with van der Waals surface area (Å²) in [5.41, 5.74) is 0. The van der Waals surface area contributed by atoms with Crippen molar-refractivity contribution in [3.05, 3.63) is 29.9 Å². The normalized spacial score (nSPS) is 10.7. The molecule has 3 rings (SSSR count). The quantitative estimate of drug-likeness (QED) is 0.585. The first kappa shape index (κ1) is 11.4. The monoisotopic (exact) mass is 275 g/mol. The Morgan fingerprint density at radius 2 is 2.06 bits per heavy atom. The minimum Gasteiger partial charge on any atom is -0.357 e. The first-order chi connectivity index (χ1) is 8.86. The maximum atomic E-state index is 4.45. The summed E-state index contributed by atoms with van der Waals surface area (Å²) in [5, 5.41) is 7.57. The van der Waals surface area contributed by atoms with E-state index < -0.39 is 0 Å². The number of aromatic nitrogens is 4. The molecule has 0 spiro atoms. The minimum absolute atomic E-state index is 0.614. The van der Waals surface area contributed by atoms with Crippen molar-refractivity contribution < 1.29 is 0 Å². The van der Waals surface area contributed by atoms with Gasteiger partial charge in [0.2, 0.25) is 5.95 Å². The molecule has 0 radical (unpaired) electrons. The molecule has 0 fully saturated rings. The van der Waals surface area contributed by atoms with Gasteiger partial charge in [-0.3, -0.25) is 0 Å². The second kappa shape index (κ2) is 4.87. The van der Waals surface area contributed by atoms with Gasteiger partial charge < -0.3 is 5.32 Å². The van der Waals surface area contributed by atoms with Gasteiger partial charge in [0.1, 0.15) is 9.86 Å². The summed E-state index contributed by atoms with van der Waals surface area (Å²) in [6.07, 6.45) is 3.45. The molecular weight excluding hydrogens is 266 g/mol. The molecule has 1 N–H and O–H groups in total. The van der Waals surface area contributed by atoms with E-state index in [-0.39, 0.29) is 0 Å². The number of fused-ring (bicyclic) bond motifs is 1. The third-order valence-corrected chi connectivity index (χ3v) is 3.95. The summed E-state index contributed by atoms with van der Waals surface area (Å²) in [4.78, 5) is 18.2. The highest BCUT2D eigenvalue weighted by Crippen LogP contribution is 2.32. The second-order valence-electron chi connectivity index (χ2n) is 3.38. The van der Waals surface area contributed by atoms with Crippen LogP contribution < -0.4 is 5.32 Å². The van der Waals surface area contributed by atoms with Crippen LogP contribution in [0.3, 0.4) is 0 Å². The predicted molar refractivity (Wildman–Crippen MR) is 73.1 cm³/mol. The summed E-state index contributed by atoms with van der Waals surface area (Å²) in [6.45, 7) is 0. The van der Waals surface area contributed by atoms with Crippen LogP contribution in [0.5, 0.6) is 0 Å². The molecule has 0 saturated carbocycles. The van der Waals surface area contributed by atoms with Crippen molar-refractivity contribution in [2.24, 2.45) is 0 Å². The van der Waals surface area contributed by atoms with Gasteiger partial charge in [-0.15, -0.1) is 11.3 Å². The molecule has 18 heavy (non-hydrogen) atoms. The van der Waals surface area contributed by atoms with Gasteiger partial charge in [-0.1, -0.05) is 0 Å². The van der Waals surface area contributed by atoms with Gasteiger partial charge in [0.25, 0.3) is 0 Å². The summed E-state index contributed by atoms with van der Waals surface area (Å²) in [7, 11) is 1.81. The Hall–Kier alpha value is -1.73. The lowest BCUT2D eigenvalue weighted by molar-refractivity contribution is 0.961. The first-order valence-corrected chi connectivity index (χ1v) is 6.94. The first-order valence-electron chi connectivity index (χ1n) is 5.24. The Balaban J connectivity index is 2.07. The zero-order chi connectivity index (χ0) is 12.4. The SMILES string of the molecule is CNc1nc(Sc2ncccn2)c2ccsc2n1. The molecule has 0 amide bonds. The van der Waals surface area contributed by atoms with Crippen molar-refractivity contribution in [3.63, 3.8) is 0 Å². The average Bonchev–Trinajstić information content (AvgIpc) is 2.88. The number of thiophene rings is 1. The maximum absolute atomic E-state index is 4.45. The van der Waals surface area contributed by atoms with Crippen LogP contribution in [0.15, 0.2) is 40.1 Å². The molecule has 0 bridgehead atoms. The minimum atomic E-state index is 0.614. The Morgan fingerprint density at radius 3 is 2.83 bits per heavy atom. The Labute approximate surface area is 112 Å². The lowest BCUT2D eigenvalue weighted by atomic mass is 10.4. The van der Waals surface area contributed by atoms with Crippen molar-refractivity contribution in [3.8, 4) is 0 Å². The van der Waals surface area contributed by atoms with E-state index in [1.165, 1.54) is 11.8 Å². The Bertz CT molecular complexity index is 668. The molecule has 5 nitrogen and oxygen atoms in total. The molecule has 3 heterocycles. The number of nitrogens with zero attached hydrogens (tertiary/aromatic N) is 4. The number of hydrogen-bond donors (Lipinski definition) is 1. The second-order valence-corrected chi connectivity index (χ2v) is 5.23. The molecule has 0 aliphatic carbocycles. The van der Waals surface area contributed by atoms with E-state index in [0.29, 0.717) is 11.1 Å². The van der Waals surface area contributed by atoms with Gasteiger partial charge in [-0.05, 0) is 29.3 Å². The van der Waals surface area contributed by atoms with E-state index in [1.807, 2.05) is 18.5 Å². The third-order valence-electron chi connectivity index (χ3n) is 2.24. The van der Waals surface area contributed by atoms with Gasteiger partial charge in [0, 0.05) is 24.8 Å². The molecule has 0 aliphatic heterocycles. The molecule has 3 aromatic rings. The smallest absolute Gasteiger partial charge is 0.224 e. The van der Waals surface area contributed by atoms with E-state index in [2.05, 4.69) is 25.3 Å². The summed E-state index contributed by atoms with van der Waals surface area (Å²) < 4.78 is 0. The van der Waals surface area contributed by atoms with Crippen LogP contribution in [0.2, 0.25) is 0 Å². The average molecular weight is 275 g/mol. The van der Waals surface area contributed by atoms with Crippen LogP contribution in [0.4, 0.5) is 5.95 Å². The topological polar surface area (TPSA) is 63.6 Å². The van der Waals surface area contributed by atoms with Crippen molar-refractivity contribution in [1.29, 1.82) is 0 Å². The fourth-order valence-electron chi connectivity index (χ4n) is 1.44. The molecule has 0 unspecified atom stereocenters. The summed E-state index contributed by atoms with van der Waals surface area (Å²) in [6, 6.07) is 3.81. The van der Waals surface area contributed by atoms with Crippen LogP contribution in [-0.4, -0.2) is 27.0 Å².